The summed E-state index contributed by atoms with van der Waals surface area (Å²) in [6.07, 6.45) is 1.91. The maximum atomic E-state index is 10.8. The maximum Gasteiger partial charge on any atom is 0.125 e. The number of hydrogen-bond donors (Lipinski definition) is 1. The first-order chi connectivity index (χ1) is 11.8. The zero-order chi connectivity index (χ0) is 16.5. The molecule has 2 aliphatic rings. The van der Waals surface area contributed by atoms with Gasteiger partial charge in [-0.25, -0.2) is 0 Å². The minimum atomic E-state index is -0.498. The monoisotopic (exact) mass is 320 g/mol. The van der Waals surface area contributed by atoms with Crippen LogP contribution in [0.25, 0.3) is 11.1 Å². The van der Waals surface area contributed by atoms with Crippen LogP contribution in [0.15, 0.2) is 42.5 Å². The van der Waals surface area contributed by atoms with E-state index in [0.717, 1.165) is 35.5 Å². The molecule has 2 aromatic rings. The largest absolute Gasteiger partial charge is 0.491 e. The third-order valence-corrected chi connectivity index (χ3v) is 5.06. The molecular weight excluding hydrogens is 300 g/mol. The highest BCUT2D eigenvalue weighted by molar-refractivity contribution is 5.67. The van der Waals surface area contributed by atoms with Crippen molar-refractivity contribution >= 4 is 0 Å². The average molecular weight is 320 g/mol. The highest BCUT2D eigenvalue weighted by Crippen LogP contribution is 2.38. The number of aliphatic hydroxyl groups excluding tert-OH is 1. The van der Waals surface area contributed by atoms with Gasteiger partial charge in [0.15, 0.2) is 0 Å². The molecule has 1 saturated heterocycles. The zero-order valence-electron chi connectivity index (χ0n) is 13.5. The molecule has 0 radical (unpaired) electrons. The molecule has 0 amide bonds. The lowest BCUT2D eigenvalue weighted by molar-refractivity contribution is 0.0140. The van der Waals surface area contributed by atoms with Gasteiger partial charge >= 0.3 is 0 Å². The summed E-state index contributed by atoms with van der Waals surface area (Å²) in [6.45, 7) is 2.62. The van der Waals surface area contributed by atoms with Crippen LogP contribution >= 0.6 is 0 Å². The Bertz CT molecular complexity index is 773. The lowest BCUT2D eigenvalue weighted by Gasteiger charge is -2.36. The predicted molar refractivity (Wildman–Crippen MR) is 91.6 cm³/mol. The maximum absolute atomic E-state index is 10.8. The third kappa shape index (κ3) is 2.66. The second-order valence-corrected chi connectivity index (χ2v) is 6.51. The van der Waals surface area contributed by atoms with E-state index in [1.165, 1.54) is 12.8 Å². The van der Waals surface area contributed by atoms with Gasteiger partial charge in [-0.3, -0.25) is 4.90 Å². The van der Waals surface area contributed by atoms with E-state index < -0.39 is 6.10 Å². The predicted octanol–water partition coefficient (Wildman–Crippen LogP) is 3.12. The molecule has 0 aliphatic carbocycles. The van der Waals surface area contributed by atoms with Crippen molar-refractivity contribution in [2.24, 2.45) is 0 Å². The highest BCUT2D eigenvalue weighted by Gasteiger charge is 2.34. The van der Waals surface area contributed by atoms with Crippen LogP contribution in [0, 0.1) is 11.3 Å². The summed E-state index contributed by atoms with van der Waals surface area (Å²) in [5, 5.41) is 19.7. The van der Waals surface area contributed by atoms with E-state index in [9.17, 15) is 5.11 Å². The van der Waals surface area contributed by atoms with Crippen molar-refractivity contribution in [3.63, 3.8) is 0 Å². The van der Waals surface area contributed by atoms with Crippen LogP contribution in [0.1, 0.15) is 30.1 Å². The Balaban J connectivity index is 1.61. The number of nitriles is 1. The van der Waals surface area contributed by atoms with E-state index in [-0.39, 0.29) is 6.04 Å². The van der Waals surface area contributed by atoms with E-state index in [4.69, 9.17) is 10.00 Å². The Morgan fingerprint density at radius 1 is 1.04 bits per heavy atom. The van der Waals surface area contributed by atoms with Gasteiger partial charge < -0.3 is 9.84 Å². The van der Waals surface area contributed by atoms with E-state index in [2.05, 4.69) is 11.0 Å². The molecule has 4 heteroatoms. The fourth-order valence-corrected chi connectivity index (χ4v) is 3.67. The summed E-state index contributed by atoms with van der Waals surface area (Å²) in [4.78, 5) is 2.34. The van der Waals surface area contributed by atoms with Crippen molar-refractivity contribution < 1.29 is 9.84 Å². The zero-order valence-corrected chi connectivity index (χ0v) is 13.5. The quantitative estimate of drug-likeness (QED) is 0.924. The molecule has 0 saturated carbocycles. The topological polar surface area (TPSA) is 56.5 Å². The summed E-state index contributed by atoms with van der Waals surface area (Å²) in [6, 6.07) is 15.7. The molecule has 4 nitrogen and oxygen atoms in total. The van der Waals surface area contributed by atoms with Crippen LogP contribution in [0.5, 0.6) is 5.75 Å². The van der Waals surface area contributed by atoms with Crippen LogP contribution < -0.4 is 4.74 Å². The number of ether oxygens (including phenoxy) is 1. The van der Waals surface area contributed by atoms with E-state index in [0.29, 0.717) is 12.2 Å². The van der Waals surface area contributed by atoms with Crippen molar-refractivity contribution in [1.82, 2.24) is 4.90 Å². The van der Waals surface area contributed by atoms with Gasteiger partial charge in [-0.1, -0.05) is 24.3 Å². The molecule has 4 rings (SSSR count). The van der Waals surface area contributed by atoms with Crippen LogP contribution in [0.3, 0.4) is 0 Å². The first-order valence-corrected chi connectivity index (χ1v) is 8.45. The van der Waals surface area contributed by atoms with Gasteiger partial charge in [0.2, 0.25) is 0 Å². The molecule has 2 atom stereocenters. The van der Waals surface area contributed by atoms with Crippen LogP contribution in [-0.4, -0.2) is 35.7 Å². The number of likely N-dealkylation sites (tertiary alicyclic amines) is 1. The van der Waals surface area contributed by atoms with Crippen molar-refractivity contribution in [3.8, 4) is 22.9 Å². The Hall–Kier alpha value is -2.35. The molecule has 1 fully saturated rings. The van der Waals surface area contributed by atoms with Gasteiger partial charge in [0, 0.05) is 5.56 Å². The van der Waals surface area contributed by atoms with Gasteiger partial charge in [0.05, 0.1) is 17.7 Å². The fraction of sp³-hybridized carbons (Fsp3) is 0.350. The third-order valence-electron chi connectivity index (χ3n) is 5.06. The van der Waals surface area contributed by atoms with Crippen LogP contribution in [0.2, 0.25) is 0 Å². The number of rotatable bonds is 2. The Morgan fingerprint density at radius 3 is 2.46 bits per heavy atom. The molecule has 1 N–H and O–H groups in total. The normalized spacial score (nSPS) is 23.3. The molecular formula is C20H20N2O2. The number of fused-ring (bicyclic) bond motifs is 1. The van der Waals surface area contributed by atoms with Crippen molar-refractivity contribution in [2.45, 2.75) is 25.0 Å². The molecule has 2 unspecified atom stereocenters. The first kappa shape index (κ1) is 15.2. The molecule has 2 aliphatic heterocycles. The second-order valence-electron chi connectivity index (χ2n) is 6.51. The summed E-state index contributed by atoms with van der Waals surface area (Å²) in [5.74, 6) is 0.764. The standard InChI is InChI=1S/C20H20N2O2/c21-12-14-3-5-15(6-4-14)16-7-8-17-19(11-16)24-13-18(20(17)23)22-9-1-2-10-22/h3-8,11,18,20,23H,1-2,9-10,13H2. The molecule has 0 aromatic heterocycles. The molecule has 122 valence electrons. The average Bonchev–Trinajstić information content (AvgIpc) is 3.16. The van der Waals surface area contributed by atoms with Crippen molar-refractivity contribution in [3.05, 3.63) is 53.6 Å². The lowest BCUT2D eigenvalue weighted by Crippen LogP contribution is -2.44. The fourth-order valence-electron chi connectivity index (χ4n) is 3.67. The van der Waals surface area contributed by atoms with E-state index in [1.54, 1.807) is 0 Å². The Kier molecular flexibility index (Phi) is 3.97. The first-order valence-electron chi connectivity index (χ1n) is 8.45. The molecule has 0 bridgehead atoms. The van der Waals surface area contributed by atoms with Gasteiger partial charge in [-0.15, -0.1) is 0 Å². The SMILES string of the molecule is N#Cc1ccc(-c2ccc3c(c2)OCC(N2CCCC2)C3O)cc1. The smallest absolute Gasteiger partial charge is 0.125 e. The summed E-state index contributed by atoms with van der Waals surface area (Å²) in [7, 11) is 0. The highest BCUT2D eigenvalue weighted by atomic mass is 16.5. The summed E-state index contributed by atoms with van der Waals surface area (Å²) < 4.78 is 5.97. The van der Waals surface area contributed by atoms with Crippen molar-refractivity contribution in [1.29, 1.82) is 5.26 Å². The number of aliphatic hydroxyl groups is 1. The van der Waals surface area contributed by atoms with E-state index >= 15 is 0 Å². The van der Waals surface area contributed by atoms with Crippen molar-refractivity contribution in [2.75, 3.05) is 19.7 Å². The van der Waals surface area contributed by atoms with Gasteiger partial charge in [0.1, 0.15) is 18.5 Å². The van der Waals surface area contributed by atoms with Crippen LogP contribution in [-0.2, 0) is 0 Å². The van der Waals surface area contributed by atoms with Gasteiger partial charge in [0.25, 0.3) is 0 Å². The molecule has 2 heterocycles. The Labute approximate surface area is 141 Å². The minimum absolute atomic E-state index is 0.0563. The number of nitrogens with zero attached hydrogens (tertiary/aromatic N) is 2. The van der Waals surface area contributed by atoms with E-state index in [1.807, 2.05) is 42.5 Å². The lowest BCUT2D eigenvalue weighted by atomic mass is 9.95. The summed E-state index contributed by atoms with van der Waals surface area (Å²) in [5.41, 5.74) is 3.59. The van der Waals surface area contributed by atoms with Crippen LogP contribution in [0.4, 0.5) is 0 Å². The van der Waals surface area contributed by atoms with Gasteiger partial charge in [-0.05, 0) is 55.3 Å². The molecule has 2 aromatic carbocycles. The number of hydrogen-bond acceptors (Lipinski definition) is 4. The minimum Gasteiger partial charge on any atom is -0.491 e. The second kappa shape index (κ2) is 6.27. The molecule has 24 heavy (non-hydrogen) atoms. The molecule has 0 spiro atoms. The summed E-state index contributed by atoms with van der Waals surface area (Å²) >= 11 is 0. The Morgan fingerprint density at radius 2 is 1.75 bits per heavy atom. The number of benzene rings is 2. The van der Waals surface area contributed by atoms with Gasteiger partial charge in [-0.2, -0.15) is 5.26 Å².